The first-order chi connectivity index (χ1) is 11.1. The lowest BCUT2D eigenvalue weighted by Gasteiger charge is -2.19. The largest absolute Gasteiger partial charge is 0.497 e. The van der Waals surface area contributed by atoms with Crippen LogP contribution in [-0.4, -0.2) is 44.3 Å². The van der Waals surface area contributed by atoms with Crippen LogP contribution in [-0.2, 0) is 13.0 Å². The number of nitrogens with zero attached hydrogens (tertiary/aromatic N) is 3. The zero-order valence-electron chi connectivity index (χ0n) is 13.0. The molecule has 2 unspecified atom stereocenters. The van der Waals surface area contributed by atoms with Crippen LogP contribution in [0.1, 0.15) is 23.8 Å². The summed E-state index contributed by atoms with van der Waals surface area (Å²) >= 11 is 1.74. The lowest BCUT2D eigenvalue weighted by atomic mass is 9.98. The van der Waals surface area contributed by atoms with Gasteiger partial charge < -0.3 is 9.84 Å². The summed E-state index contributed by atoms with van der Waals surface area (Å²) in [5.41, 5.74) is 0.549. The van der Waals surface area contributed by atoms with E-state index in [1.165, 1.54) is 4.68 Å². The van der Waals surface area contributed by atoms with Gasteiger partial charge in [0.05, 0.1) is 24.9 Å². The minimum absolute atomic E-state index is 0.0906. The number of rotatable bonds is 6. The molecule has 0 amide bonds. The number of aliphatic hydroxyl groups is 1. The molecule has 0 bridgehead atoms. The Kier molecular flexibility index (Phi) is 4.87. The highest BCUT2D eigenvalue weighted by molar-refractivity contribution is 7.99. The molecule has 2 heterocycles. The van der Waals surface area contributed by atoms with Gasteiger partial charge in [-0.3, -0.25) is 0 Å². The van der Waals surface area contributed by atoms with Crippen LogP contribution in [0.5, 0.6) is 5.75 Å². The molecule has 1 aliphatic heterocycles. The minimum Gasteiger partial charge on any atom is -0.497 e. The lowest BCUT2D eigenvalue weighted by molar-refractivity contribution is 0.0676. The van der Waals surface area contributed by atoms with E-state index in [1.54, 1.807) is 49.3 Å². The van der Waals surface area contributed by atoms with E-state index in [-0.39, 0.29) is 6.54 Å². The van der Waals surface area contributed by atoms with Gasteiger partial charge in [-0.2, -0.15) is 11.8 Å². The second kappa shape index (κ2) is 6.88. The van der Waals surface area contributed by atoms with E-state index in [2.05, 4.69) is 10.3 Å². The molecule has 0 aliphatic carbocycles. The van der Waals surface area contributed by atoms with Gasteiger partial charge in [0, 0.05) is 18.4 Å². The molecule has 0 saturated carbocycles. The van der Waals surface area contributed by atoms with Crippen molar-refractivity contribution in [3.8, 4) is 5.75 Å². The van der Waals surface area contributed by atoms with Crippen LogP contribution >= 0.6 is 11.8 Å². The number of halogens is 1. The molecule has 0 spiro atoms. The fraction of sp³-hybridized carbons (Fsp3) is 0.500. The van der Waals surface area contributed by atoms with E-state index in [4.69, 9.17) is 4.74 Å². The van der Waals surface area contributed by atoms with Crippen LogP contribution in [0.4, 0.5) is 4.39 Å². The Morgan fingerprint density at radius 1 is 1.52 bits per heavy atom. The molecule has 7 heteroatoms. The Morgan fingerprint density at radius 2 is 2.39 bits per heavy atom. The van der Waals surface area contributed by atoms with Crippen molar-refractivity contribution in [2.75, 3.05) is 18.6 Å². The molecule has 1 aromatic heterocycles. The summed E-state index contributed by atoms with van der Waals surface area (Å²) in [7, 11) is 1.56. The quantitative estimate of drug-likeness (QED) is 0.877. The van der Waals surface area contributed by atoms with E-state index in [0.29, 0.717) is 23.4 Å². The average Bonchev–Trinajstić information content (AvgIpc) is 3.17. The summed E-state index contributed by atoms with van der Waals surface area (Å²) in [4.78, 5) is 0. The van der Waals surface area contributed by atoms with Crippen molar-refractivity contribution in [3.63, 3.8) is 0 Å². The fourth-order valence-corrected chi connectivity index (χ4v) is 3.98. The van der Waals surface area contributed by atoms with Crippen LogP contribution in [0.2, 0.25) is 0 Å². The highest BCUT2D eigenvalue weighted by Crippen LogP contribution is 2.30. The van der Waals surface area contributed by atoms with Gasteiger partial charge in [0.25, 0.3) is 0 Å². The summed E-state index contributed by atoms with van der Waals surface area (Å²) in [6.07, 6.45) is 1.76. The number of alkyl halides is 1. The maximum absolute atomic E-state index is 14.4. The van der Waals surface area contributed by atoms with Crippen LogP contribution in [0.25, 0.3) is 0 Å². The predicted molar refractivity (Wildman–Crippen MR) is 87.5 cm³/mol. The highest BCUT2D eigenvalue weighted by atomic mass is 32.2. The van der Waals surface area contributed by atoms with Gasteiger partial charge >= 0.3 is 0 Å². The first-order valence-corrected chi connectivity index (χ1v) is 8.71. The van der Waals surface area contributed by atoms with Crippen molar-refractivity contribution < 1.29 is 14.2 Å². The Hall–Kier alpha value is -1.60. The Labute approximate surface area is 138 Å². The molecule has 23 heavy (non-hydrogen) atoms. The van der Waals surface area contributed by atoms with Gasteiger partial charge in [-0.15, -0.1) is 5.10 Å². The summed E-state index contributed by atoms with van der Waals surface area (Å²) in [5.74, 6) is 2.31. The number of ether oxygens (including phenoxy) is 1. The molecule has 1 N–H and O–H groups in total. The molecule has 2 aromatic rings. The highest BCUT2D eigenvalue weighted by Gasteiger charge is 2.32. The van der Waals surface area contributed by atoms with Crippen LogP contribution in [0.3, 0.4) is 0 Å². The van der Waals surface area contributed by atoms with Crippen LogP contribution in [0, 0.1) is 0 Å². The van der Waals surface area contributed by atoms with Gasteiger partial charge in [0.2, 0.25) is 0 Å². The fourth-order valence-electron chi connectivity index (χ4n) is 2.69. The third-order valence-electron chi connectivity index (χ3n) is 3.98. The van der Waals surface area contributed by atoms with Gasteiger partial charge in [0.1, 0.15) is 11.9 Å². The number of hydrogen-bond donors (Lipinski definition) is 1. The Morgan fingerprint density at radius 3 is 3.13 bits per heavy atom. The van der Waals surface area contributed by atoms with E-state index in [1.807, 2.05) is 0 Å². The molecule has 3 rings (SSSR count). The number of aromatic nitrogens is 3. The van der Waals surface area contributed by atoms with Crippen molar-refractivity contribution >= 4 is 11.8 Å². The van der Waals surface area contributed by atoms with E-state index in [0.717, 1.165) is 17.9 Å². The average molecular weight is 337 g/mol. The molecule has 2 atom stereocenters. The van der Waals surface area contributed by atoms with Gasteiger partial charge in [0.15, 0.2) is 0 Å². The Bertz CT molecular complexity index is 658. The number of thioether (sulfide) groups is 1. The van der Waals surface area contributed by atoms with E-state index < -0.39 is 11.8 Å². The lowest BCUT2D eigenvalue weighted by Crippen LogP contribution is -2.30. The van der Waals surface area contributed by atoms with Crippen LogP contribution in [0.15, 0.2) is 30.5 Å². The zero-order valence-corrected chi connectivity index (χ0v) is 13.8. The zero-order chi connectivity index (χ0) is 16.3. The summed E-state index contributed by atoms with van der Waals surface area (Å²) in [6, 6.07) is 6.95. The molecule has 1 saturated heterocycles. The third kappa shape index (κ3) is 4.03. The van der Waals surface area contributed by atoms with Gasteiger partial charge in [-0.25, -0.2) is 9.07 Å². The standard InChI is InChI=1S/C16H20FN3O2S/c1-22-14-4-2-3-12(7-14)15(17)10-20-9-13(18-19-20)8-16(21)5-6-23-11-16/h2-4,7,9,15,21H,5-6,8,10-11H2,1H3. The Balaban J connectivity index is 1.64. The molecule has 1 aromatic carbocycles. The van der Waals surface area contributed by atoms with Gasteiger partial charge in [-0.1, -0.05) is 17.3 Å². The minimum atomic E-state index is -1.19. The maximum Gasteiger partial charge on any atom is 0.145 e. The predicted octanol–water partition coefficient (Wildman–Crippen LogP) is 2.41. The van der Waals surface area contributed by atoms with Crippen molar-refractivity contribution in [1.29, 1.82) is 0 Å². The summed E-state index contributed by atoms with van der Waals surface area (Å²) < 4.78 is 21.0. The van der Waals surface area contributed by atoms with Crippen molar-refractivity contribution in [3.05, 3.63) is 41.7 Å². The van der Waals surface area contributed by atoms with Crippen molar-refractivity contribution in [2.24, 2.45) is 0 Å². The molecule has 1 fully saturated rings. The smallest absolute Gasteiger partial charge is 0.145 e. The molecular formula is C16H20FN3O2S. The first-order valence-electron chi connectivity index (χ1n) is 7.55. The third-order valence-corrected chi connectivity index (χ3v) is 5.22. The van der Waals surface area contributed by atoms with E-state index >= 15 is 0 Å². The SMILES string of the molecule is COc1cccc(C(F)Cn2cc(CC3(O)CCSC3)nn2)c1. The topological polar surface area (TPSA) is 60.2 Å². The van der Waals surface area contributed by atoms with Crippen molar-refractivity contribution in [1.82, 2.24) is 15.0 Å². The molecule has 5 nitrogen and oxygen atoms in total. The number of methoxy groups -OCH3 is 1. The van der Waals surface area contributed by atoms with Crippen molar-refractivity contribution in [2.45, 2.75) is 31.2 Å². The normalized spacial score (nSPS) is 22.2. The molecule has 0 radical (unpaired) electrons. The monoisotopic (exact) mass is 337 g/mol. The molecule has 124 valence electrons. The molecule has 1 aliphatic rings. The maximum atomic E-state index is 14.4. The second-order valence-electron chi connectivity index (χ2n) is 5.88. The van der Waals surface area contributed by atoms with Gasteiger partial charge in [-0.05, 0) is 29.9 Å². The molecular weight excluding hydrogens is 317 g/mol. The number of benzene rings is 1. The van der Waals surface area contributed by atoms with Crippen LogP contribution < -0.4 is 4.74 Å². The summed E-state index contributed by atoms with van der Waals surface area (Å²) in [6.45, 7) is 0.0906. The number of hydrogen-bond acceptors (Lipinski definition) is 5. The van der Waals surface area contributed by atoms with E-state index in [9.17, 15) is 9.50 Å². The summed E-state index contributed by atoms with van der Waals surface area (Å²) in [5, 5.41) is 18.4. The second-order valence-corrected chi connectivity index (χ2v) is 6.98. The first kappa shape index (κ1) is 16.3.